The van der Waals surface area contributed by atoms with Gasteiger partial charge in [-0.1, -0.05) is 36.4 Å². The molecule has 0 saturated carbocycles. The van der Waals surface area contributed by atoms with Crippen molar-refractivity contribution in [2.75, 3.05) is 13.1 Å². The second-order valence-corrected chi connectivity index (χ2v) is 7.92. The molecule has 1 saturated heterocycles. The standard InChI is InChI=1S/C26H23N3O3/c30-24(28-15-7-2-8-16-28)14-13-20-18-29(21-10-3-1-4-11-21)27-25(20)22-17-19-9-5-6-12-23(19)32-26(22)31/h1,3-6,9-14,17-18H,2,7-8,15-16H2. The lowest BCUT2D eigenvalue weighted by atomic mass is 10.1. The van der Waals surface area contributed by atoms with Crippen molar-refractivity contribution in [3.8, 4) is 16.9 Å². The zero-order valence-electron chi connectivity index (χ0n) is 17.6. The van der Waals surface area contributed by atoms with Crippen LogP contribution in [-0.4, -0.2) is 33.7 Å². The fourth-order valence-electron chi connectivity index (χ4n) is 4.04. The number of piperidine rings is 1. The summed E-state index contributed by atoms with van der Waals surface area (Å²) in [6.07, 6.45) is 8.39. The van der Waals surface area contributed by atoms with Gasteiger partial charge < -0.3 is 9.32 Å². The maximum absolute atomic E-state index is 12.8. The molecule has 6 nitrogen and oxygen atoms in total. The largest absolute Gasteiger partial charge is 0.422 e. The maximum atomic E-state index is 12.8. The Morgan fingerprint density at radius 1 is 0.969 bits per heavy atom. The molecule has 0 atom stereocenters. The van der Waals surface area contributed by atoms with Crippen molar-refractivity contribution in [3.05, 3.63) is 88.9 Å². The average Bonchev–Trinajstić information content (AvgIpc) is 3.27. The molecule has 0 bridgehead atoms. The molecular weight excluding hydrogens is 402 g/mol. The molecule has 0 spiro atoms. The molecule has 0 N–H and O–H groups in total. The Bertz CT molecular complexity index is 1350. The van der Waals surface area contributed by atoms with Crippen molar-refractivity contribution in [1.29, 1.82) is 0 Å². The molecule has 1 amide bonds. The fraction of sp³-hybridized carbons (Fsp3) is 0.192. The number of hydrogen-bond donors (Lipinski definition) is 0. The van der Waals surface area contributed by atoms with E-state index in [4.69, 9.17) is 4.42 Å². The highest BCUT2D eigenvalue weighted by atomic mass is 16.4. The summed E-state index contributed by atoms with van der Waals surface area (Å²) in [6, 6.07) is 18.8. The number of carbonyl (C=O) groups excluding carboxylic acids is 1. The van der Waals surface area contributed by atoms with Crippen LogP contribution >= 0.6 is 0 Å². The van der Waals surface area contributed by atoms with Gasteiger partial charge in [-0.25, -0.2) is 9.48 Å². The summed E-state index contributed by atoms with van der Waals surface area (Å²) in [5.74, 6) is -0.0198. The predicted molar refractivity (Wildman–Crippen MR) is 125 cm³/mol. The molecule has 0 unspecified atom stereocenters. The number of benzene rings is 2. The topological polar surface area (TPSA) is 68.3 Å². The van der Waals surface area contributed by atoms with Gasteiger partial charge in [0.2, 0.25) is 5.91 Å². The lowest BCUT2D eigenvalue weighted by Crippen LogP contribution is -2.34. The van der Waals surface area contributed by atoms with Gasteiger partial charge in [-0.3, -0.25) is 4.79 Å². The van der Waals surface area contributed by atoms with Gasteiger partial charge in [-0.15, -0.1) is 0 Å². The van der Waals surface area contributed by atoms with Crippen LogP contribution in [0, 0.1) is 0 Å². The number of para-hydroxylation sites is 2. The summed E-state index contributed by atoms with van der Waals surface area (Å²) in [5.41, 5.74) is 2.46. The average molecular weight is 425 g/mol. The molecule has 0 aliphatic carbocycles. The van der Waals surface area contributed by atoms with E-state index in [0.717, 1.165) is 37.0 Å². The minimum atomic E-state index is -0.459. The van der Waals surface area contributed by atoms with Gasteiger partial charge in [-0.2, -0.15) is 5.10 Å². The summed E-state index contributed by atoms with van der Waals surface area (Å²) in [5, 5.41) is 5.50. The molecule has 1 fully saturated rings. The van der Waals surface area contributed by atoms with E-state index in [-0.39, 0.29) is 5.91 Å². The van der Waals surface area contributed by atoms with E-state index < -0.39 is 5.63 Å². The van der Waals surface area contributed by atoms with E-state index in [2.05, 4.69) is 5.10 Å². The number of amides is 1. The second-order valence-electron chi connectivity index (χ2n) is 7.92. The van der Waals surface area contributed by atoms with E-state index >= 15 is 0 Å². The number of likely N-dealkylation sites (tertiary alicyclic amines) is 1. The minimum absolute atomic E-state index is 0.0198. The maximum Gasteiger partial charge on any atom is 0.345 e. The first-order valence-electron chi connectivity index (χ1n) is 10.8. The third-order valence-electron chi connectivity index (χ3n) is 5.73. The first-order chi connectivity index (χ1) is 15.7. The molecule has 32 heavy (non-hydrogen) atoms. The molecule has 0 radical (unpaired) electrons. The van der Waals surface area contributed by atoms with E-state index in [9.17, 15) is 9.59 Å². The molecule has 1 aliphatic heterocycles. The second kappa shape index (κ2) is 8.67. The Labute approximate surface area is 185 Å². The first-order valence-corrected chi connectivity index (χ1v) is 10.8. The van der Waals surface area contributed by atoms with Crippen molar-refractivity contribution in [1.82, 2.24) is 14.7 Å². The Hall–Kier alpha value is -3.93. The van der Waals surface area contributed by atoms with Crippen LogP contribution in [0.1, 0.15) is 24.8 Å². The van der Waals surface area contributed by atoms with Crippen LogP contribution in [0.5, 0.6) is 0 Å². The molecule has 2 aromatic heterocycles. The number of hydrogen-bond acceptors (Lipinski definition) is 4. The highest BCUT2D eigenvalue weighted by Crippen LogP contribution is 2.25. The lowest BCUT2D eigenvalue weighted by molar-refractivity contribution is -0.126. The lowest BCUT2D eigenvalue weighted by Gasteiger charge is -2.25. The van der Waals surface area contributed by atoms with Crippen molar-refractivity contribution in [2.45, 2.75) is 19.3 Å². The Balaban J connectivity index is 1.59. The molecule has 1 aliphatic rings. The Morgan fingerprint density at radius 3 is 2.53 bits per heavy atom. The van der Waals surface area contributed by atoms with E-state index in [1.54, 1.807) is 29.0 Å². The molecule has 6 heteroatoms. The van der Waals surface area contributed by atoms with Crippen molar-refractivity contribution in [2.24, 2.45) is 0 Å². The molecule has 3 heterocycles. The predicted octanol–water partition coefficient (Wildman–Crippen LogP) is 4.67. The van der Waals surface area contributed by atoms with Crippen LogP contribution in [0.25, 0.3) is 34.0 Å². The Morgan fingerprint density at radius 2 is 1.72 bits per heavy atom. The van der Waals surface area contributed by atoms with Gasteiger partial charge in [0.15, 0.2) is 0 Å². The molecular formula is C26H23N3O3. The number of rotatable bonds is 4. The molecule has 2 aromatic carbocycles. The van der Waals surface area contributed by atoms with Crippen LogP contribution in [0.2, 0.25) is 0 Å². The summed E-state index contributed by atoms with van der Waals surface area (Å²) >= 11 is 0. The van der Waals surface area contributed by atoms with Gasteiger partial charge in [0.05, 0.1) is 11.3 Å². The monoisotopic (exact) mass is 425 g/mol. The van der Waals surface area contributed by atoms with Crippen LogP contribution < -0.4 is 5.63 Å². The van der Waals surface area contributed by atoms with Gasteiger partial charge in [0, 0.05) is 36.3 Å². The summed E-state index contributed by atoms with van der Waals surface area (Å²) < 4.78 is 7.25. The smallest absolute Gasteiger partial charge is 0.345 e. The SMILES string of the molecule is O=C(C=Cc1cn(-c2ccccc2)nc1-c1cc2ccccc2oc1=O)N1CCCCC1. The van der Waals surface area contributed by atoms with Crippen LogP contribution in [0.4, 0.5) is 0 Å². The van der Waals surface area contributed by atoms with Gasteiger partial charge in [-0.05, 0) is 49.6 Å². The molecule has 4 aromatic rings. The highest BCUT2D eigenvalue weighted by molar-refractivity contribution is 5.93. The Kier molecular flexibility index (Phi) is 5.42. The first kappa shape index (κ1) is 20.0. The third kappa shape index (κ3) is 3.99. The zero-order valence-corrected chi connectivity index (χ0v) is 17.6. The summed E-state index contributed by atoms with van der Waals surface area (Å²) in [6.45, 7) is 1.57. The number of fused-ring (bicyclic) bond motifs is 1. The van der Waals surface area contributed by atoms with Gasteiger partial charge >= 0.3 is 5.63 Å². The molecule has 160 valence electrons. The van der Waals surface area contributed by atoms with E-state index in [1.165, 1.54) is 6.42 Å². The van der Waals surface area contributed by atoms with Gasteiger partial charge in [0.25, 0.3) is 0 Å². The van der Waals surface area contributed by atoms with Crippen molar-refractivity contribution in [3.63, 3.8) is 0 Å². The number of carbonyl (C=O) groups is 1. The quantitative estimate of drug-likeness (QED) is 0.352. The van der Waals surface area contributed by atoms with Crippen LogP contribution in [-0.2, 0) is 4.79 Å². The van der Waals surface area contributed by atoms with Gasteiger partial charge in [0.1, 0.15) is 11.3 Å². The fourth-order valence-corrected chi connectivity index (χ4v) is 4.04. The third-order valence-corrected chi connectivity index (χ3v) is 5.73. The van der Waals surface area contributed by atoms with E-state index in [0.29, 0.717) is 22.4 Å². The highest BCUT2D eigenvalue weighted by Gasteiger charge is 2.18. The minimum Gasteiger partial charge on any atom is -0.422 e. The summed E-state index contributed by atoms with van der Waals surface area (Å²) in [4.78, 5) is 27.3. The van der Waals surface area contributed by atoms with Crippen LogP contribution in [0.15, 0.2) is 82.1 Å². The van der Waals surface area contributed by atoms with Crippen molar-refractivity contribution < 1.29 is 9.21 Å². The number of aromatic nitrogens is 2. The number of nitrogens with zero attached hydrogens (tertiary/aromatic N) is 3. The normalized spacial score (nSPS) is 14.3. The molecule has 5 rings (SSSR count). The van der Waals surface area contributed by atoms with E-state index in [1.807, 2.05) is 59.6 Å². The van der Waals surface area contributed by atoms with Crippen molar-refractivity contribution >= 4 is 23.0 Å². The van der Waals surface area contributed by atoms with Crippen LogP contribution in [0.3, 0.4) is 0 Å². The summed E-state index contributed by atoms with van der Waals surface area (Å²) in [7, 11) is 0. The zero-order chi connectivity index (χ0) is 21.9.